The summed E-state index contributed by atoms with van der Waals surface area (Å²) >= 11 is 6.25. The van der Waals surface area contributed by atoms with Crippen molar-refractivity contribution >= 4 is 40.5 Å². The molecule has 226 valence electrons. The van der Waals surface area contributed by atoms with Gasteiger partial charge in [-0.05, 0) is 79.4 Å². The predicted octanol–water partition coefficient (Wildman–Crippen LogP) is 5.40. The molecule has 1 aliphatic rings. The normalized spacial score (nSPS) is 15.5. The molecule has 2 amide bonds. The molecule has 3 aromatic rings. The number of likely N-dealkylation sites (N-methyl/N-ethyl adjacent to an activating group) is 1. The fraction of sp³-hybridized carbons (Fsp3) is 0.303. The van der Waals surface area contributed by atoms with Crippen LogP contribution >= 0.6 is 11.6 Å². The maximum atomic E-state index is 13.6. The zero-order valence-corrected chi connectivity index (χ0v) is 25.0. The average molecular weight is 609 g/mol. The summed E-state index contributed by atoms with van der Waals surface area (Å²) in [6, 6.07) is 16.8. The summed E-state index contributed by atoms with van der Waals surface area (Å²) in [5.41, 5.74) is 3.16. The maximum absolute atomic E-state index is 13.6. The first-order valence-electron chi connectivity index (χ1n) is 14.2. The highest BCUT2D eigenvalue weighted by Crippen LogP contribution is 2.27. The van der Waals surface area contributed by atoms with Crippen LogP contribution in [0.2, 0.25) is 5.02 Å². The third-order valence-corrected chi connectivity index (χ3v) is 7.77. The van der Waals surface area contributed by atoms with Gasteiger partial charge >= 0.3 is 0 Å². The van der Waals surface area contributed by atoms with E-state index < -0.39 is 6.04 Å². The minimum Gasteiger partial charge on any atom is -0.358 e. The molecule has 2 N–H and O–H groups in total. The van der Waals surface area contributed by atoms with Gasteiger partial charge in [-0.15, -0.1) is 0 Å². The monoisotopic (exact) mass is 608 g/mol. The summed E-state index contributed by atoms with van der Waals surface area (Å²) in [6.45, 7) is 3.64. The number of allylic oxidation sites excluding steroid dienone is 1. The minimum atomic E-state index is -0.447. The number of piperazine rings is 1. The van der Waals surface area contributed by atoms with Crippen LogP contribution in [-0.2, 0) is 9.59 Å². The van der Waals surface area contributed by atoms with Gasteiger partial charge in [0.15, 0.2) is 5.78 Å². The molecule has 0 aromatic heterocycles. The highest BCUT2D eigenvalue weighted by atomic mass is 35.5. The Morgan fingerprint density at radius 2 is 1.58 bits per heavy atom. The molecule has 0 aliphatic carbocycles. The van der Waals surface area contributed by atoms with E-state index in [2.05, 4.69) is 21.6 Å². The summed E-state index contributed by atoms with van der Waals surface area (Å²) in [4.78, 5) is 41.7. The van der Waals surface area contributed by atoms with E-state index in [0.717, 1.165) is 23.1 Å². The Morgan fingerprint density at radius 1 is 0.953 bits per heavy atom. The highest BCUT2D eigenvalue weighted by Gasteiger charge is 2.32. The highest BCUT2D eigenvalue weighted by molar-refractivity contribution is 6.34. The van der Waals surface area contributed by atoms with Crippen molar-refractivity contribution in [1.29, 1.82) is 0 Å². The Labute approximate surface area is 255 Å². The SMILES string of the molecule is CNC(=O)C1CN(CC(=O)Nc2c(Cl)cccc2C(C)=O)CCN1CCCC=C(c1ccc(F)cc1)c1ccc(F)cc1. The van der Waals surface area contributed by atoms with Crippen molar-refractivity contribution in [3.05, 3.63) is 106 Å². The number of ketones is 1. The minimum absolute atomic E-state index is 0.0470. The molecule has 1 atom stereocenters. The number of anilines is 1. The average Bonchev–Trinajstić information content (AvgIpc) is 2.99. The Morgan fingerprint density at radius 3 is 2.16 bits per heavy atom. The van der Waals surface area contributed by atoms with Crippen LogP contribution < -0.4 is 10.6 Å². The first kappa shape index (κ1) is 32.0. The number of benzene rings is 3. The van der Waals surface area contributed by atoms with E-state index in [1.165, 1.54) is 31.2 Å². The molecule has 1 saturated heterocycles. The lowest BCUT2D eigenvalue weighted by Gasteiger charge is -2.40. The number of carbonyl (C=O) groups excluding carboxylic acids is 3. The van der Waals surface area contributed by atoms with Gasteiger partial charge in [-0.25, -0.2) is 8.78 Å². The molecule has 1 unspecified atom stereocenters. The zero-order valence-electron chi connectivity index (χ0n) is 24.2. The summed E-state index contributed by atoms with van der Waals surface area (Å²) in [6.07, 6.45) is 3.49. The van der Waals surface area contributed by atoms with E-state index in [-0.39, 0.29) is 46.5 Å². The van der Waals surface area contributed by atoms with E-state index in [1.54, 1.807) is 49.5 Å². The Bertz CT molecular complexity index is 1430. The number of amides is 2. The van der Waals surface area contributed by atoms with Gasteiger partial charge in [0.25, 0.3) is 0 Å². The molecule has 0 saturated carbocycles. The fourth-order valence-corrected chi connectivity index (χ4v) is 5.45. The third-order valence-electron chi connectivity index (χ3n) is 7.46. The number of carbonyl (C=O) groups is 3. The number of nitrogens with zero attached hydrogens (tertiary/aromatic N) is 2. The van der Waals surface area contributed by atoms with Crippen molar-refractivity contribution in [1.82, 2.24) is 15.1 Å². The standard InChI is InChI=1S/C33H35ClF2N4O3/c1-22(41)27-7-5-8-29(34)32(27)38-31(42)21-39-18-19-40(30(20-39)33(43)37-2)17-4-3-6-28(23-9-13-25(35)14-10-23)24-11-15-26(36)16-12-24/h5-16,30H,3-4,17-21H2,1-2H3,(H,37,43)(H,38,42). The van der Waals surface area contributed by atoms with E-state index in [1.807, 2.05) is 4.90 Å². The van der Waals surface area contributed by atoms with E-state index in [4.69, 9.17) is 11.6 Å². The van der Waals surface area contributed by atoms with E-state index in [9.17, 15) is 23.2 Å². The Balaban J connectivity index is 1.38. The molecule has 7 nitrogen and oxygen atoms in total. The number of rotatable bonds is 11. The quantitative estimate of drug-likeness (QED) is 0.225. The first-order chi connectivity index (χ1) is 20.7. The number of unbranched alkanes of at least 4 members (excludes halogenated alkanes) is 1. The summed E-state index contributed by atoms with van der Waals surface area (Å²) in [7, 11) is 1.59. The lowest BCUT2D eigenvalue weighted by atomic mass is 9.96. The largest absolute Gasteiger partial charge is 0.358 e. The number of halogens is 3. The van der Waals surface area contributed by atoms with Crippen LogP contribution in [-0.4, -0.2) is 73.2 Å². The van der Waals surface area contributed by atoms with Crippen molar-refractivity contribution in [3.63, 3.8) is 0 Å². The van der Waals surface area contributed by atoms with Crippen LogP contribution in [0.5, 0.6) is 0 Å². The summed E-state index contributed by atoms with van der Waals surface area (Å²) in [5, 5.41) is 5.78. The van der Waals surface area contributed by atoms with Gasteiger partial charge in [0.1, 0.15) is 17.7 Å². The first-order valence-corrected chi connectivity index (χ1v) is 14.5. The molecular formula is C33H35ClF2N4O3. The van der Waals surface area contributed by atoms with Crippen LogP contribution in [0.15, 0.2) is 72.8 Å². The van der Waals surface area contributed by atoms with Gasteiger partial charge in [0.2, 0.25) is 11.8 Å². The maximum Gasteiger partial charge on any atom is 0.238 e. The second-order valence-corrected chi connectivity index (χ2v) is 10.8. The number of hydrogen-bond acceptors (Lipinski definition) is 5. The van der Waals surface area contributed by atoms with Crippen molar-refractivity contribution < 1.29 is 23.2 Å². The predicted molar refractivity (Wildman–Crippen MR) is 165 cm³/mol. The van der Waals surface area contributed by atoms with Crippen LogP contribution in [0, 0.1) is 11.6 Å². The van der Waals surface area contributed by atoms with E-state index in [0.29, 0.717) is 38.2 Å². The Hall–Kier alpha value is -3.92. The van der Waals surface area contributed by atoms with Crippen molar-refractivity contribution in [2.45, 2.75) is 25.8 Å². The molecule has 43 heavy (non-hydrogen) atoms. The number of Topliss-reactive ketones (excluding diaryl/α,β-unsaturated/α-hetero) is 1. The molecular weight excluding hydrogens is 574 g/mol. The van der Waals surface area contributed by atoms with Crippen molar-refractivity contribution in [2.75, 3.05) is 45.1 Å². The molecule has 4 rings (SSSR count). The second kappa shape index (κ2) is 15.0. The van der Waals surface area contributed by atoms with Gasteiger partial charge in [0.05, 0.1) is 17.3 Å². The molecule has 0 radical (unpaired) electrons. The fourth-order valence-electron chi connectivity index (χ4n) is 5.23. The van der Waals surface area contributed by atoms with E-state index >= 15 is 0 Å². The number of para-hydroxylation sites is 1. The molecule has 3 aromatic carbocycles. The lowest BCUT2D eigenvalue weighted by Crippen LogP contribution is -2.59. The topological polar surface area (TPSA) is 81.8 Å². The van der Waals surface area contributed by atoms with Crippen LogP contribution in [0.3, 0.4) is 0 Å². The molecule has 1 aliphatic heterocycles. The van der Waals surface area contributed by atoms with Crippen LogP contribution in [0.1, 0.15) is 41.3 Å². The second-order valence-electron chi connectivity index (χ2n) is 10.4. The Kier molecular flexibility index (Phi) is 11.2. The van der Waals surface area contributed by atoms with Gasteiger partial charge in [-0.1, -0.05) is 48.0 Å². The molecule has 0 bridgehead atoms. The number of nitrogens with one attached hydrogen (secondary N) is 2. The van der Waals surface area contributed by atoms with Gasteiger partial charge in [-0.3, -0.25) is 24.2 Å². The number of hydrogen-bond donors (Lipinski definition) is 2. The molecule has 1 fully saturated rings. The van der Waals surface area contributed by atoms with Crippen LogP contribution in [0.25, 0.3) is 5.57 Å². The molecule has 0 spiro atoms. The third kappa shape index (κ3) is 8.56. The van der Waals surface area contributed by atoms with Gasteiger partial charge < -0.3 is 10.6 Å². The lowest BCUT2D eigenvalue weighted by molar-refractivity contribution is -0.129. The zero-order chi connectivity index (χ0) is 30.9. The van der Waals surface area contributed by atoms with Crippen LogP contribution in [0.4, 0.5) is 14.5 Å². The van der Waals surface area contributed by atoms with Gasteiger partial charge in [0, 0.05) is 32.2 Å². The van der Waals surface area contributed by atoms with Crippen molar-refractivity contribution in [3.8, 4) is 0 Å². The molecule has 1 heterocycles. The van der Waals surface area contributed by atoms with Crippen molar-refractivity contribution in [2.24, 2.45) is 0 Å². The summed E-state index contributed by atoms with van der Waals surface area (Å²) in [5.74, 6) is -1.32. The molecule has 10 heteroatoms. The van der Waals surface area contributed by atoms with Gasteiger partial charge in [-0.2, -0.15) is 0 Å². The summed E-state index contributed by atoms with van der Waals surface area (Å²) < 4.78 is 27.1. The smallest absolute Gasteiger partial charge is 0.238 e.